The predicted octanol–water partition coefficient (Wildman–Crippen LogP) is 4.74. The molecule has 0 bridgehead atoms. The first-order valence-corrected chi connectivity index (χ1v) is 10.2. The second-order valence-electron chi connectivity index (χ2n) is 6.56. The summed E-state index contributed by atoms with van der Waals surface area (Å²) < 4.78 is 0.720. The van der Waals surface area contributed by atoms with E-state index in [-0.39, 0.29) is 0 Å². The molecule has 6 heterocycles. The van der Waals surface area contributed by atoms with Gasteiger partial charge >= 0.3 is 0 Å². The smallest absolute Gasteiger partial charge is 0.161 e. The van der Waals surface area contributed by atoms with Crippen LogP contribution >= 0.6 is 22.9 Å². The first-order valence-electron chi connectivity index (χ1n) is 8.96. The Kier molecular flexibility index (Phi) is 3.83. The monoisotopic (exact) mass is 430 g/mol. The zero-order valence-electron chi connectivity index (χ0n) is 15.2. The number of rotatable bonds is 3. The Morgan fingerprint density at radius 2 is 1.73 bits per heavy atom. The molecule has 10 heteroatoms. The van der Waals surface area contributed by atoms with Gasteiger partial charge in [-0.25, -0.2) is 19.9 Å². The molecule has 0 amide bonds. The summed E-state index contributed by atoms with van der Waals surface area (Å²) in [5.41, 5.74) is 6.29. The molecule has 0 spiro atoms. The number of aromatic amines is 2. The highest BCUT2D eigenvalue weighted by atomic mass is 35.5. The van der Waals surface area contributed by atoms with E-state index in [1.165, 1.54) is 17.7 Å². The molecule has 0 aliphatic heterocycles. The van der Waals surface area contributed by atoms with E-state index < -0.39 is 0 Å². The van der Waals surface area contributed by atoms with Crippen LogP contribution < -0.4 is 0 Å². The quantitative estimate of drug-likeness (QED) is 0.420. The molecule has 30 heavy (non-hydrogen) atoms. The fraction of sp³-hybridized carbons (Fsp3) is 0. The highest BCUT2D eigenvalue weighted by molar-refractivity contribution is 7.19. The van der Waals surface area contributed by atoms with Crippen molar-refractivity contribution in [2.24, 2.45) is 0 Å². The van der Waals surface area contributed by atoms with Gasteiger partial charge in [0.1, 0.15) is 17.4 Å². The lowest BCUT2D eigenvalue weighted by atomic mass is 10.2. The number of aromatic nitrogens is 8. The van der Waals surface area contributed by atoms with Crippen molar-refractivity contribution in [2.75, 3.05) is 0 Å². The third kappa shape index (κ3) is 2.75. The van der Waals surface area contributed by atoms with E-state index in [0.29, 0.717) is 17.0 Å². The van der Waals surface area contributed by atoms with Gasteiger partial charge in [0.2, 0.25) is 0 Å². The van der Waals surface area contributed by atoms with Gasteiger partial charge in [-0.15, -0.1) is 11.3 Å². The zero-order valence-corrected chi connectivity index (χ0v) is 16.7. The van der Waals surface area contributed by atoms with Crippen LogP contribution in [0, 0.1) is 0 Å². The Bertz CT molecular complexity index is 1520. The van der Waals surface area contributed by atoms with Crippen molar-refractivity contribution >= 4 is 45.0 Å². The molecule has 6 aromatic heterocycles. The summed E-state index contributed by atoms with van der Waals surface area (Å²) in [5.74, 6) is 0.613. The average molecular weight is 431 g/mol. The minimum Gasteiger partial charge on any atom is -0.335 e. The number of halogens is 1. The summed E-state index contributed by atoms with van der Waals surface area (Å²) in [6, 6.07) is 7.68. The molecule has 0 fully saturated rings. The number of nitrogens with one attached hydrogen (secondary N) is 2. The van der Waals surface area contributed by atoms with E-state index in [4.69, 9.17) is 21.6 Å². The largest absolute Gasteiger partial charge is 0.335 e. The molecule has 144 valence electrons. The van der Waals surface area contributed by atoms with Gasteiger partial charge < -0.3 is 4.98 Å². The van der Waals surface area contributed by atoms with Crippen LogP contribution in [0.4, 0.5) is 0 Å². The molecule has 0 saturated heterocycles. The first-order chi connectivity index (χ1) is 14.8. The van der Waals surface area contributed by atoms with Crippen LogP contribution in [-0.4, -0.2) is 40.1 Å². The molecule has 8 nitrogen and oxygen atoms in total. The Labute approximate surface area is 178 Å². The third-order valence-corrected chi connectivity index (χ3v) is 5.99. The lowest BCUT2D eigenvalue weighted by Gasteiger charge is -2.00. The summed E-state index contributed by atoms with van der Waals surface area (Å²) in [6.07, 6.45) is 8.49. The van der Waals surface area contributed by atoms with E-state index in [1.54, 1.807) is 24.8 Å². The number of hydrogen-bond acceptors (Lipinski definition) is 7. The van der Waals surface area contributed by atoms with E-state index in [2.05, 4.69) is 30.1 Å². The summed E-state index contributed by atoms with van der Waals surface area (Å²) in [4.78, 5) is 26.4. The molecule has 0 unspecified atom stereocenters. The van der Waals surface area contributed by atoms with Gasteiger partial charge in [0.15, 0.2) is 11.5 Å². The van der Waals surface area contributed by atoms with Crippen molar-refractivity contribution in [2.45, 2.75) is 0 Å². The molecule has 6 aromatic rings. The van der Waals surface area contributed by atoms with E-state index in [1.807, 2.05) is 24.3 Å². The van der Waals surface area contributed by atoms with Crippen LogP contribution in [0.1, 0.15) is 0 Å². The van der Waals surface area contributed by atoms with Gasteiger partial charge in [-0.2, -0.15) is 5.10 Å². The standard InChI is InChI=1S/C20H11ClN8S/c21-16-4-3-15(30-16)11-7-22-8-14-17(11)27-20(26-14)19-18-13(28-29-19)2-1-12(25-18)10-5-23-9-24-6-10/h1-9H,(H,26,27)(H,28,29). The molecule has 0 atom stereocenters. The molecular formula is C20H11ClN8S. The second kappa shape index (κ2) is 6.68. The van der Waals surface area contributed by atoms with Crippen LogP contribution in [0.2, 0.25) is 4.34 Å². The van der Waals surface area contributed by atoms with Crippen molar-refractivity contribution in [3.8, 4) is 33.2 Å². The molecule has 0 aromatic carbocycles. The van der Waals surface area contributed by atoms with Crippen molar-refractivity contribution < 1.29 is 0 Å². The van der Waals surface area contributed by atoms with E-state index in [0.717, 1.165) is 42.6 Å². The topological polar surface area (TPSA) is 109 Å². The minimum absolute atomic E-state index is 0.613. The number of thiophene rings is 1. The highest BCUT2D eigenvalue weighted by Gasteiger charge is 2.17. The fourth-order valence-electron chi connectivity index (χ4n) is 3.34. The molecule has 6 rings (SSSR count). The maximum absolute atomic E-state index is 6.12. The van der Waals surface area contributed by atoms with Crippen LogP contribution in [0.3, 0.4) is 0 Å². The predicted molar refractivity (Wildman–Crippen MR) is 116 cm³/mol. The van der Waals surface area contributed by atoms with Crippen molar-refractivity contribution in [1.29, 1.82) is 0 Å². The maximum Gasteiger partial charge on any atom is 0.161 e. The van der Waals surface area contributed by atoms with Crippen molar-refractivity contribution in [3.63, 3.8) is 0 Å². The van der Waals surface area contributed by atoms with E-state index in [9.17, 15) is 0 Å². The Balaban J connectivity index is 1.52. The van der Waals surface area contributed by atoms with E-state index >= 15 is 0 Å². The van der Waals surface area contributed by atoms with Crippen molar-refractivity contribution in [3.05, 3.63) is 59.7 Å². The Hall–Kier alpha value is -3.69. The van der Waals surface area contributed by atoms with Gasteiger partial charge in [-0.3, -0.25) is 10.1 Å². The second-order valence-corrected chi connectivity index (χ2v) is 8.28. The van der Waals surface area contributed by atoms with Crippen molar-refractivity contribution in [1.82, 2.24) is 40.1 Å². The number of pyridine rings is 2. The normalized spacial score (nSPS) is 11.5. The lowest BCUT2D eigenvalue weighted by Crippen LogP contribution is -1.88. The van der Waals surface area contributed by atoms with Crippen LogP contribution in [-0.2, 0) is 0 Å². The number of fused-ring (bicyclic) bond motifs is 2. The number of imidazole rings is 1. The molecule has 0 radical (unpaired) electrons. The van der Waals surface area contributed by atoms with Gasteiger partial charge in [-0.05, 0) is 24.3 Å². The summed E-state index contributed by atoms with van der Waals surface area (Å²) in [5, 5.41) is 7.48. The first kappa shape index (κ1) is 17.2. The van der Waals surface area contributed by atoms with Crippen LogP contribution in [0.5, 0.6) is 0 Å². The number of nitrogens with zero attached hydrogens (tertiary/aromatic N) is 6. The highest BCUT2D eigenvalue weighted by Crippen LogP contribution is 2.35. The molecule has 2 N–H and O–H groups in total. The molecule has 0 aliphatic rings. The summed E-state index contributed by atoms with van der Waals surface area (Å²) >= 11 is 7.61. The zero-order chi connectivity index (χ0) is 20.1. The molecule has 0 aliphatic carbocycles. The van der Waals surface area contributed by atoms with Gasteiger partial charge in [-0.1, -0.05) is 11.6 Å². The molecule has 0 saturated carbocycles. The maximum atomic E-state index is 6.12. The average Bonchev–Trinajstić information content (AvgIpc) is 3.51. The summed E-state index contributed by atoms with van der Waals surface area (Å²) in [7, 11) is 0. The van der Waals surface area contributed by atoms with Gasteiger partial charge in [0.05, 0.1) is 27.3 Å². The Morgan fingerprint density at radius 1 is 0.833 bits per heavy atom. The fourth-order valence-corrected chi connectivity index (χ4v) is 4.39. The SMILES string of the molecule is Clc1ccc(-c2cncc3[nH]c(-c4n[nH]c5ccc(-c6cncnc6)nc45)nc23)s1. The van der Waals surface area contributed by atoms with Gasteiger partial charge in [0, 0.05) is 34.6 Å². The number of hydrogen-bond donors (Lipinski definition) is 2. The van der Waals surface area contributed by atoms with Crippen LogP contribution in [0.15, 0.2) is 55.4 Å². The third-order valence-electron chi connectivity index (χ3n) is 4.72. The number of H-pyrrole nitrogens is 2. The van der Waals surface area contributed by atoms with Crippen LogP contribution in [0.25, 0.3) is 55.3 Å². The Morgan fingerprint density at radius 3 is 2.57 bits per heavy atom. The molecular weight excluding hydrogens is 420 g/mol. The lowest BCUT2D eigenvalue weighted by molar-refractivity contribution is 1.10. The van der Waals surface area contributed by atoms with Gasteiger partial charge in [0.25, 0.3) is 0 Å². The summed E-state index contributed by atoms with van der Waals surface area (Å²) in [6.45, 7) is 0. The minimum atomic E-state index is 0.613.